The van der Waals surface area contributed by atoms with Crippen LogP contribution >= 0.6 is 0 Å². The molecule has 0 saturated carbocycles. The van der Waals surface area contributed by atoms with Crippen molar-refractivity contribution in [3.8, 4) is 0 Å². The molecule has 1 saturated heterocycles. The Morgan fingerprint density at radius 1 is 1.72 bits per heavy atom. The molecule has 1 aromatic rings. The van der Waals surface area contributed by atoms with Gasteiger partial charge in [-0.3, -0.25) is 0 Å². The predicted molar refractivity (Wildman–Crippen MR) is 65.9 cm³/mol. The van der Waals surface area contributed by atoms with Gasteiger partial charge in [0.1, 0.15) is 0 Å². The van der Waals surface area contributed by atoms with Gasteiger partial charge in [0, 0.05) is 12.5 Å². The molecule has 2 unspecified atom stereocenters. The van der Waals surface area contributed by atoms with Crippen molar-refractivity contribution in [2.75, 3.05) is 13.1 Å². The zero-order valence-corrected chi connectivity index (χ0v) is 10.9. The molecule has 2 heterocycles. The third-order valence-electron chi connectivity index (χ3n) is 3.28. The van der Waals surface area contributed by atoms with E-state index in [-0.39, 0.29) is 11.9 Å². The third kappa shape index (κ3) is 3.07. The standard InChI is InChI=1S/C12H20N4O2/c1-3-4-9(2)12(17)18-16-8-11(14-15-16)10-5-6-13-7-10/h8-10,13H,3-7H2,1-2H3. The maximum absolute atomic E-state index is 11.7. The van der Waals surface area contributed by atoms with Gasteiger partial charge in [0.2, 0.25) is 0 Å². The SMILES string of the molecule is CCCC(C)C(=O)On1cc(C2CCNC2)nn1. The smallest absolute Gasteiger partial charge is 0.318 e. The van der Waals surface area contributed by atoms with E-state index in [1.807, 2.05) is 13.8 Å². The summed E-state index contributed by atoms with van der Waals surface area (Å²) < 4.78 is 0. The molecule has 0 spiro atoms. The van der Waals surface area contributed by atoms with Crippen molar-refractivity contribution in [2.24, 2.45) is 5.92 Å². The largest absolute Gasteiger partial charge is 0.337 e. The molecule has 0 bridgehead atoms. The number of hydrogen-bond donors (Lipinski definition) is 1. The third-order valence-corrected chi connectivity index (χ3v) is 3.28. The van der Waals surface area contributed by atoms with E-state index in [1.54, 1.807) is 6.20 Å². The summed E-state index contributed by atoms with van der Waals surface area (Å²) in [6.45, 7) is 5.83. The molecule has 1 aromatic heterocycles. The summed E-state index contributed by atoms with van der Waals surface area (Å²) in [5.74, 6) is 0.0270. The van der Waals surface area contributed by atoms with Crippen molar-refractivity contribution < 1.29 is 9.63 Å². The first-order valence-electron chi connectivity index (χ1n) is 6.55. The van der Waals surface area contributed by atoms with Crippen molar-refractivity contribution in [3.63, 3.8) is 0 Å². The Balaban J connectivity index is 1.91. The summed E-state index contributed by atoms with van der Waals surface area (Å²) in [4.78, 5) is 18.0. The van der Waals surface area contributed by atoms with Crippen LogP contribution < -0.4 is 10.2 Å². The van der Waals surface area contributed by atoms with Crippen LogP contribution in [0, 0.1) is 5.92 Å². The van der Waals surface area contributed by atoms with Gasteiger partial charge in [-0.25, -0.2) is 4.79 Å². The summed E-state index contributed by atoms with van der Waals surface area (Å²) in [5.41, 5.74) is 0.885. The molecular formula is C12H20N4O2. The number of nitrogens with zero attached hydrogens (tertiary/aromatic N) is 3. The van der Waals surface area contributed by atoms with Gasteiger partial charge in [-0.15, -0.1) is 5.10 Å². The van der Waals surface area contributed by atoms with Crippen LogP contribution in [0.5, 0.6) is 0 Å². The van der Waals surface area contributed by atoms with Gasteiger partial charge in [0.05, 0.1) is 17.8 Å². The Morgan fingerprint density at radius 3 is 3.22 bits per heavy atom. The molecule has 6 heteroatoms. The molecule has 18 heavy (non-hydrogen) atoms. The first-order chi connectivity index (χ1) is 8.70. The Morgan fingerprint density at radius 2 is 2.56 bits per heavy atom. The molecule has 0 radical (unpaired) electrons. The van der Waals surface area contributed by atoms with Gasteiger partial charge in [0.15, 0.2) is 0 Å². The Labute approximate surface area is 107 Å². The van der Waals surface area contributed by atoms with E-state index in [9.17, 15) is 4.79 Å². The molecule has 0 aromatic carbocycles. The highest BCUT2D eigenvalue weighted by molar-refractivity contribution is 5.72. The number of carbonyl (C=O) groups is 1. The van der Waals surface area contributed by atoms with Crippen molar-refractivity contribution >= 4 is 5.97 Å². The lowest BCUT2D eigenvalue weighted by Crippen LogP contribution is -2.26. The number of rotatable bonds is 5. The maximum atomic E-state index is 11.7. The quantitative estimate of drug-likeness (QED) is 0.783. The second kappa shape index (κ2) is 5.95. The minimum Gasteiger partial charge on any atom is -0.318 e. The second-order valence-corrected chi connectivity index (χ2v) is 4.84. The summed E-state index contributed by atoms with van der Waals surface area (Å²) in [7, 11) is 0. The maximum Gasteiger partial charge on any atom is 0.337 e. The molecule has 100 valence electrons. The van der Waals surface area contributed by atoms with Gasteiger partial charge in [-0.05, 0) is 24.6 Å². The lowest BCUT2D eigenvalue weighted by Gasteiger charge is -2.08. The second-order valence-electron chi connectivity index (χ2n) is 4.84. The number of nitrogens with one attached hydrogen (secondary N) is 1. The van der Waals surface area contributed by atoms with Gasteiger partial charge in [-0.1, -0.05) is 25.1 Å². The van der Waals surface area contributed by atoms with E-state index in [0.29, 0.717) is 5.92 Å². The normalized spacial score (nSPS) is 20.9. The molecule has 1 aliphatic heterocycles. The minimum absolute atomic E-state index is 0.101. The number of aromatic nitrogens is 3. The zero-order chi connectivity index (χ0) is 13.0. The van der Waals surface area contributed by atoms with Crippen LogP contribution in [0.4, 0.5) is 0 Å². The Hall–Kier alpha value is -1.43. The number of hydrogen-bond acceptors (Lipinski definition) is 5. The molecular weight excluding hydrogens is 232 g/mol. The zero-order valence-electron chi connectivity index (χ0n) is 10.9. The highest BCUT2D eigenvalue weighted by Gasteiger charge is 2.21. The van der Waals surface area contributed by atoms with Crippen LogP contribution in [0.1, 0.15) is 44.7 Å². The van der Waals surface area contributed by atoms with Crippen LogP contribution in [-0.4, -0.2) is 34.2 Å². The molecule has 2 atom stereocenters. The van der Waals surface area contributed by atoms with Gasteiger partial charge < -0.3 is 10.2 Å². The molecule has 0 aliphatic carbocycles. The van der Waals surface area contributed by atoms with Crippen LogP contribution in [0.15, 0.2) is 6.20 Å². The van der Waals surface area contributed by atoms with Gasteiger partial charge in [-0.2, -0.15) is 0 Å². The first-order valence-corrected chi connectivity index (χ1v) is 6.55. The highest BCUT2D eigenvalue weighted by Crippen LogP contribution is 2.19. The summed E-state index contributed by atoms with van der Waals surface area (Å²) >= 11 is 0. The first kappa shape index (κ1) is 13.0. The molecule has 1 N–H and O–H groups in total. The van der Waals surface area contributed by atoms with E-state index in [2.05, 4.69) is 15.6 Å². The van der Waals surface area contributed by atoms with Gasteiger partial charge in [0.25, 0.3) is 0 Å². The van der Waals surface area contributed by atoms with Crippen LogP contribution in [0.2, 0.25) is 0 Å². The summed E-state index contributed by atoms with van der Waals surface area (Å²) in [6.07, 6.45) is 4.55. The topological polar surface area (TPSA) is 69.0 Å². The molecule has 0 amide bonds. The average molecular weight is 252 g/mol. The highest BCUT2D eigenvalue weighted by atomic mass is 16.7. The fourth-order valence-electron chi connectivity index (χ4n) is 2.13. The minimum atomic E-state index is -0.252. The predicted octanol–water partition coefficient (Wildman–Crippen LogP) is 0.746. The lowest BCUT2D eigenvalue weighted by molar-refractivity contribution is -0.150. The Bertz CT molecular complexity index is 399. The summed E-state index contributed by atoms with van der Waals surface area (Å²) in [5, 5.41) is 11.2. The van der Waals surface area contributed by atoms with Crippen molar-refractivity contribution in [1.82, 2.24) is 20.5 Å². The molecule has 1 fully saturated rings. The van der Waals surface area contributed by atoms with Crippen molar-refractivity contribution in [1.29, 1.82) is 0 Å². The molecule has 6 nitrogen and oxygen atoms in total. The molecule has 1 aliphatic rings. The van der Waals surface area contributed by atoms with E-state index in [0.717, 1.165) is 38.0 Å². The average Bonchev–Trinajstić information content (AvgIpc) is 2.98. The van der Waals surface area contributed by atoms with Crippen LogP contribution in [-0.2, 0) is 4.79 Å². The summed E-state index contributed by atoms with van der Waals surface area (Å²) in [6, 6.07) is 0. The van der Waals surface area contributed by atoms with E-state index < -0.39 is 0 Å². The van der Waals surface area contributed by atoms with Crippen LogP contribution in [0.25, 0.3) is 0 Å². The van der Waals surface area contributed by atoms with Gasteiger partial charge >= 0.3 is 5.97 Å². The van der Waals surface area contributed by atoms with E-state index >= 15 is 0 Å². The van der Waals surface area contributed by atoms with Crippen molar-refractivity contribution in [3.05, 3.63) is 11.9 Å². The molecule has 2 rings (SSSR count). The van der Waals surface area contributed by atoms with E-state index in [4.69, 9.17) is 4.84 Å². The van der Waals surface area contributed by atoms with Crippen LogP contribution in [0.3, 0.4) is 0 Å². The van der Waals surface area contributed by atoms with Crippen molar-refractivity contribution in [2.45, 2.75) is 39.0 Å². The van der Waals surface area contributed by atoms with E-state index in [1.165, 1.54) is 4.85 Å². The monoisotopic (exact) mass is 252 g/mol. The Kier molecular flexibility index (Phi) is 4.30. The lowest BCUT2D eigenvalue weighted by atomic mass is 10.1. The number of carbonyl (C=O) groups excluding carboxylic acids is 1. The fraction of sp³-hybridized carbons (Fsp3) is 0.750. The fourth-order valence-corrected chi connectivity index (χ4v) is 2.13.